The highest BCUT2D eigenvalue weighted by atomic mass is 35.5. The summed E-state index contributed by atoms with van der Waals surface area (Å²) < 4.78 is 27.0. The Balaban J connectivity index is 0.00000280. The first-order valence-electron chi connectivity index (χ1n) is 9.12. The zero-order valence-corrected chi connectivity index (χ0v) is 17.2. The van der Waals surface area contributed by atoms with E-state index >= 15 is 0 Å². The van der Waals surface area contributed by atoms with E-state index in [1.54, 1.807) is 35.2 Å². The fourth-order valence-corrected chi connectivity index (χ4v) is 4.75. The molecule has 152 valence electrons. The van der Waals surface area contributed by atoms with Gasteiger partial charge in [-0.1, -0.05) is 48.5 Å². The Morgan fingerprint density at radius 3 is 2.18 bits per heavy atom. The van der Waals surface area contributed by atoms with Gasteiger partial charge in [-0.15, -0.1) is 12.4 Å². The largest absolute Gasteiger partial charge is 0.341 e. The summed E-state index contributed by atoms with van der Waals surface area (Å²) in [5.74, 6) is -0.0367. The lowest BCUT2D eigenvalue weighted by atomic mass is 10.0. The summed E-state index contributed by atoms with van der Waals surface area (Å²) in [6.45, 7) is 1.63. The molecule has 1 fully saturated rings. The quantitative estimate of drug-likeness (QED) is 0.800. The van der Waals surface area contributed by atoms with E-state index in [-0.39, 0.29) is 35.7 Å². The lowest BCUT2D eigenvalue weighted by Gasteiger charge is -2.23. The Bertz CT molecular complexity index is 863. The third kappa shape index (κ3) is 5.32. The van der Waals surface area contributed by atoms with Crippen molar-refractivity contribution in [2.75, 3.05) is 26.2 Å². The monoisotopic (exact) mass is 423 g/mol. The number of benzene rings is 2. The third-order valence-electron chi connectivity index (χ3n) is 4.81. The molecule has 1 aliphatic rings. The molecule has 6 nitrogen and oxygen atoms in total. The molecule has 0 aliphatic carbocycles. The molecule has 0 bridgehead atoms. The maximum absolute atomic E-state index is 12.8. The van der Waals surface area contributed by atoms with Crippen LogP contribution in [0.5, 0.6) is 0 Å². The van der Waals surface area contributed by atoms with Gasteiger partial charge >= 0.3 is 0 Å². The van der Waals surface area contributed by atoms with Crippen LogP contribution in [0.3, 0.4) is 0 Å². The van der Waals surface area contributed by atoms with Gasteiger partial charge in [0.1, 0.15) is 0 Å². The van der Waals surface area contributed by atoms with Gasteiger partial charge in [0.15, 0.2) is 0 Å². The topological polar surface area (TPSA) is 83.7 Å². The molecule has 0 aromatic heterocycles. The second-order valence-corrected chi connectivity index (χ2v) is 8.61. The molecule has 0 saturated carbocycles. The molecule has 1 heterocycles. The third-order valence-corrected chi connectivity index (χ3v) is 6.72. The standard InChI is InChI=1S/C20H25N3O3S.ClH/c21-19(17-8-3-1-4-9-17)16-20(24)22-12-7-13-23(15-14-22)27(25,26)18-10-5-2-6-11-18;/h1-6,8-11,19H,7,12-16,21H2;1H. The number of nitrogens with two attached hydrogens (primary N) is 1. The minimum Gasteiger partial charge on any atom is -0.341 e. The van der Waals surface area contributed by atoms with Crippen molar-refractivity contribution in [1.82, 2.24) is 9.21 Å². The Hall–Kier alpha value is -1.93. The number of hydrogen-bond acceptors (Lipinski definition) is 4. The molecule has 8 heteroatoms. The number of hydrogen-bond donors (Lipinski definition) is 1. The van der Waals surface area contributed by atoms with E-state index in [1.807, 2.05) is 30.3 Å². The van der Waals surface area contributed by atoms with E-state index in [0.29, 0.717) is 32.6 Å². The number of rotatable bonds is 5. The summed E-state index contributed by atoms with van der Waals surface area (Å²) in [6, 6.07) is 17.6. The first-order chi connectivity index (χ1) is 13.0. The van der Waals surface area contributed by atoms with Crippen molar-refractivity contribution in [3.63, 3.8) is 0 Å². The summed E-state index contributed by atoms with van der Waals surface area (Å²) in [6.07, 6.45) is 0.827. The van der Waals surface area contributed by atoms with Crippen LogP contribution in [0, 0.1) is 0 Å². The molecule has 28 heavy (non-hydrogen) atoms. The van der Waals surface area contributed by atoms with Crippen LogP contribution in [0.25, 0.3) is 0 Å². The highest BCUT2D eigenvalue weighted by molar-refractivity contribution is 7.89. The minimum absolute atomic E-state index is 0. The molecular formula is C20H26ClN3O3S. The Morgan fingerprint density at radius 2 is 1.54 bits per heavy atom. The molecule has 2 aromatic rings. The van der Waals surface area contributed by atoms with E-state index < -0.39 is 10.0 Å². The summed E-state index contributed by atoms with van der Waals surface area (Å²) in [7, 11) is -3.53. The van der Waals surface area contributed by atoms with Gasteiger partial charge in [0.05, 0.1) is 4.90 Å². The van der Waals surface area contributed by atoms with Crippen molar-refractivity contribution in [3.8, 4) is 0 Å². The SMILES string of the molecule is Cl.NC(CC(=O)N1CCCN(S(=O)(=O)c2ccccc2)CC1)c1ccccc1. The van der Waals surface area contributed by atoms with Gasteiger partial charge in [-0.3, -0.25) is 4.79 Å². The molecular weight excluding hydrogens is 398 g/mol. The molecule has 1 aliphatic heterocycles. The van der Waals surface area contributed by atoms with Crippen LogP contribution >= 0.6 is 12.4 Å². The van der Waals surface area contributed by atoms with E-state index in [1.165, 1.54) is 4.31 Å². The molecule has 1 atom stereocenters. The first-order valence-corrected chi connectivity index (χ1v) is 10.6. The van der Waals surface area contributed by atoms with Crippen molar-refractivity contribution in [2.45, 2.75) is 23.8 Å². The fraction of sp³-hybridized carbons (Fsp3) is 0.350. The number of carbonyl (C=O) groups is 1. The normalized spacial score (nSPS) is 16.7. The van der Waals surface area contributed by atoms with Gasteiger partial charge in [-0.05, 0) is 24.1 Å². The van der Waals surface area contributed by atoms with Crippen LogP contribution in [0.15, 0.2) is 65.6 Å². The van der Waals surface area contributed by atoms with Crippen molar-refractivity contribution < 1.29 is 13.2 Å². The zero-order chi connectivity index (χ0) is 19.3. The van der Waals surface area contributed by atoms with Gasteiger partial charge in [-0.25, -0.2) is 8.42 Å². The Morgan fingerprint density at radius 1 is 0.929 bits per heavy atom. The molecule has 2 aromatic carbocycles. The summed E-state index contributed by atoms with van der Waals surface area (Å²) >= 11 is 0. The molecule has 0 spiro atoms. The van der Waals surface area contributed by atoms with Gasteiger partial charge in [0.25, 0.3) is 0 Å². The van der Waals surface area contributed by atoms with Crippen molar-refractivity contribution in [3.05, 3.63) is 66.2 Å². The molecule has 2 N–H and O–H groups in total. The van der Waals surface area contributed by atoms with Gasteiger partial charge in [0.2, 0.25) is 15.9 Å². The highest BCUT2D eigenvalue weighted by Crippen LogP contribution is 2.19. The van der Waals surface area contributed by atoms with Gasteiger partial charge < -0.3 is 10.6 Å². The van der Waals surface area contributed by atoms with E-state index in [9.17, 15) is 13.2 Å². The van der Waals surface area contributed by atoms with Crippen molar-refractivity contribution in [2.24, 2.45) is 5.73 Å². The first kappa shape index (κ1) is 22.4. The van der Waals surface area contributed by atoms with Gasteiger partial charge in [-0.2, -0.15) is 4.31 Å². The lowest BCUT2D eigenvalue weighted by Crippen LogP contribution is -2.38. The van der Waals surface area contributed by atoms with Crippen LogP contribution in [0.4, 0.5) is 0 Å². The average Bonchev–Trinajstić information content (AvgIpc) is 2.96. The second kappa shape index (κ2) is 10.0. The maximum Gasteiger partial charge on any atom is 0.243 e. The highest BCUT2D eigenvalue weighted by Gasteiger charge is 2.28. The molecule has 3 rings (SSSR count). The summed E-state index contributed by atoms with van der Waals surface area (Å²) in [5.41, 5.74) is 7.09. The smallest absolute Gasteiger partial charge is 0.243 e. The van der Waals surface area contributed by atoms with E-state index in [4.69, 9.17) is 5.73 Å². The maximum atomic E-state index is 12.8. The molecule has 1 unspecified atom stereocenters. The van der Waals surface area contributed by atoms with E-state index in [2.05, 4.69) is 0 Å². The number of sulfonamides is 1. The van der Waals surface area contributed by atoms with Gasteiger partial charge in [0, 0.05) is 38.6 Å². The van der Waals surface area contributed by atoms with Crippen LogP contribution in [-0.4, -0.2) is 49.7 Å². The molecule has 0 radical (unpaired) electrons. The number of carbonyl (C=O) groups excluding carboxylic acids is 1. The fourth-order valence-electron chi connectivity index (χ4n) is 3.26. The van der Waals surface area contributed by atoms with E-state index in [0.717, 1.165) is 5.56 Å². The molecule has 1 amide bonds. The number of halogens is 1. The van der Waals surface area contributed by atoms with Crippen molar-refractivity contribution in [1.29, 1.82) is 0 Å². The van der Waals surface area contributed by atoms with Crippen LogP contribution in [0.1, 0.15) is 24.4 Å². The number of nitrogens with zero attached hydrogens (tertiary/aromatic N) is 2. The Kier molecular flexibility index (Phi) is 8.00. The number of amides is 1. The zero-order valence-electron chi connectivity index (χ0n) is 15.6. The van der Waals surface area contributed by atoms with Crippen LogP contribution < -0.4 is 5.73 Å². The predicted molar refractivity (Wildman–Crippen MR) is 112 cm³/mol. The average molecular weight is 424 g/mol. The second-order valence-electron chi connectivity index (χ2n) is 6.67. The summed E-state index contributed by atoms with van der Waals surface area (Å²) in [5, 5.41) is 0. The predicted octanol–water partition coefficient (Wildman–Crippen LogP) is 2.42. The lowest BCUT2D eigenvalue weighted by molar-refractivity contribution is -0.131. The van der Waals surface area contributed by atoms with Crippen LogP contribution in [-0.2, 0) is 14.8 Å². The minimum atomic E-state index is -3.53. The van der Waals surface area contributed by atoms with Crippen LogP contribution in [0.2, 0.25) is 0 Å². The molecule has 1 saturated heterocycles. The summed E-state index contributed by atoms with van der Waals surface area (Å²) in [4.78, 5) is 14.7. The van der Waals surface area contributed by atoms with Crippen molar-refractivity contribution >= 4 is 28.3 Å². The Labute approximate surface area is 172 Å².